The second-order valence-electron chi connectivity index (χ2n) is 8.40. The molecule has 2 aromatic heterocycles. The van der Waals surface area contributed by atoms with Crippen molar-refractivity contribution in [1.82, 2.24) is 20.3 Å². The van der Waals surface area contributed by atoms with Crippen LogP contribution in [0, 0.1) is 6.92 Å². The molecule has 0 aliphatic carbocycles. The highest BCUT2D eigenvalue weighted by Gasteiger charge is 2.13. The molecule has 8 nitrogen and oxygen atoms in total. The van der Waals surface area contributed by atoms with Crippen LogP contribution in [-0.2, 0) is 0 Å². The molecule has 35 heavy (non-hydrogen) atoms. The Morgan fingerprint density at radius 2 is 1.83 bits per heavy atom. The van der Waals surface area contributed by atoms with Crippen LogP contribution in [0.1, 0.15) is 15.9 Å². The third kappa shape index (κ3) is 5.44. The number of carbonyl (C=O) groups is 1. The minimum atomic E-state index is -0.173. The van der Waals surface area contributed by atoms with Crippen LogP contribution in [0.5, 0.6) is 0 Å². The first-order valence-electron chi connectivity index (χ1n) is 11.6. The summed E-state index contributed by atoms with van der Waals surface area (Å²) in [5.41, 5.74) is 5.91. The first kappa shape index (κ1) is 22.5. The van der Waals surface area contributed by atoms with Crippen LogP contribution in [0.2, 0.25) is 0 Å². The van der Waals surface area contributed by atoms with Crippen LogP contribution in [0.15, 0.2) is 79.3 Å². The summed E-state index contributed by atoms with van der Waals surface area (Å²) < 4.78 is 0. The Morgan fingerprint density at radius 3 is 2.60 bits per heavy atom. The zero-order valence-corrected chi connectivity index (χ0v) is 19.5. The zero-order chi connectivity index (χ0) is 24.0. The van der Waals surface area contributed by atoms with Crippen LogP contribution >= 0.6 is 0 Å². The fraction of sp³-hybridized carbons (Fsp3) is 0.185. The minimum absolute atomic E-state index is 0.173. The first-order chi connectivity index (χ1) is 17.2. The molecule has 0 atom stereocenters. The van der Waals surface area contributed by atoms with Gasteiger partial charge in [-0.25, -0.2) is 9.97 Å². The number of hydrogen-bond donors (Lipinski definition) is 3. The van der Waals surface area contributed by atoms with E-state index < -0.39 is 0 Å². The lowest BCUT2D eigenvalue weighted by Crippen LogP contribution is -2.43. The van der Waals surface area contributed by atoms with Gasteiger partial charge in [-0.3, -0.25) is 9.78 Å². The molecular weight excluding hydrogens is 438 g/mol. The summed E-state index contributed by atoms with van der Waals surface area (Å²) in [7, 11) is 0. The van der Waals surface area contributed by atoms with E-state index in [4.69, 9.17) is 0 Å². The van der Waals surface area contributed by atoms with E-state index in [0.717, 1.165) is 54.4 Å². The van der Waals surface area contributed by atoms with E-state index in [1.54, 1.807) is 18.6 Å². The van der Waals surface area contributed by atoms with Gasteiger partial charge in [0.1, 0.15) is 0 Å². The molecule has 1 aliphatic rings. The normalized spacial score (nSPS) is 13.3. The quantitative estimate of drug-likeness (QED) is 0.392. The van der Waals surface area contributed by atoms with Gasteiger partial charge in [0, 0.05) is 73.0 Å². The smallest absolute Gasteiger partial charge is 0.255 e. The highest BCUT2D eigenvalue weighted by atomic mass is 16.1. The second kappa shape index (κ2) is 10.3. The molecule has 0 unspecified atom stereocenters. The van der Waals surface area contributed by atoms with Gasteiger partial charge >= 0.3 is 0 Å². The molecule has 0 bridgehead atoms. The molecule has 1 saturated heterocycles. The van der Waals surface area contributed by atoms with Crippen molar-refractivity contribution in [2.45, 2.75) is 6.92 Å². The minimum Gasteiger partial charge on any atom is -0.369 e. The van der Waals surface area contributed by atoms with E-state index in [0.29, 0.717) is 11.5 Å². The average Bonchev–Trinajstić information content (AvgIpc) is 2.91. The molecule has 0 spiro atoms. The predicted molar refractivity (Wildman–Crippen MR) is 139 cm³/mol. The molecule has 5 rings (SSSR count). The Kier molecular flexibility index (Phi) is 6.63. The van der Waals surface area contributed by atoms with Crippen LogP contribution in [0.3, 0.4) is 0 Å². The van der Waals surface area contributed by atoms with Crippen molar-refractivity contribution >= 4 is 28.9 Å². The maximum absolute atomic E-state index is 13.0. The molecule has 0 radical (unpaired) electrons. The Labute approximate surface area is 204 Å². The number of piperazine rings is 1. The molecule has 3 heterocycles. The number of hydrogen-bond acceptors (Lipinski definition) is 7. The van der Waals surface area contributed by atoms with Crippen molar-refractivity contribution in [1.29, 1.82) is 0 Å². The van der Waals surface area contributed by atoms with E-state index in [-0.39, 0.29) is 5.91 Å². The number of anilines is 4. The molecule has 1 fully saturated rings. The lowest BCUT2D eigenvalue weighted by molar-refractivity contribution is 0.102. The topological polar surface area (TPSA) is 95.1 Å². The second-order valence-corrected chi connectivity index (χ2v) is 8.40. The van der Waals surface area contributed by atoms with E-state index in [2.05, 4.69) is 47.9 Å². The van der Waals surface area contributed by atoms with E-state index in [1.165, 1.54) is 5.69 Å². The van der Waals surface area contributed by atoms with Crippen LogP contribution < -0.4 is 20.9 Å². The number of nitrogens with one attached hydrogen (secondary N) is 3. The van der Waals surface area contributed by atoms with Crippen LogP contribution in [0.4, 0.5) is 23.0 Å². The molecule has 0 saturated carbocycles. The van der Waals surface area contributed by atoms with Crippen LogP contribution in [0.25, 0.3) is 11.3 Å². The lowest BCUT2D eigenvalue weighted by Gasteiger charge is -2.29. The van der Waals surface area contributed by atoms with Gasteiger partial charge in [-0.15, -0.1) is 0 Å². The largest absolute Gasteiger partial charge is 0.369 e. The molecule has 3 N–H and O–H groups in total. The number of benzene rings is 2. The van der Waals surface area contributed by atoms with Gasteiger partial charge in [0.25, 0.3) is 5.91 Å². The monoisotopic (exact) mass is 465 g/mol. The molecule has 2 aromatic carbocycles. The van der Waals surface area contributed by atoms with Gasteiger partial charge in [-0.05, 0) is 67.1 Å². The summed E-state index contributed by atoms with van der Waals surface area (Å²) in [4.78, 5) is 28.4. The number of rotatable bonds is 6. The molecule has 1 amide bonds. The average molecular weight is 466 g/mol. The lowest BCUT2D eigenvalue weighted by atomic mass is 10.1. The highest BCUT2D eigenvalue weighted by Crippen LogP contribution is 2.24. The highest BCUT2D eigenvalue weighted by molar-refractivity contribution is 6.05. The summed E-state index contributed by atoms with van der Waals surface area (Å²) in [5, 5.41) is 9.61. The molecular formula is C27H27N7O. The Morgan fingerprint density at radius 1 is 1.00 bits per heavy atom. The number of nitrogens with zero attached hydrogens (tertiary/aromatic N) is 4. The third-order valence-electron chi connectivity index (χ3n) is 5.97. The van der Waals surface area contributed by atoms with E-state index in [1.807, 2.05) is 55.5 Å². The summed E-state index contributed by atoms with van der Waals surface area (Å²) in [6.07, 6.45) is 5.19. The summed E-state index contributed by atoms with van der Waals surface area (Å²) >= 11 is 0. The van der Waals surface area contributed by atoms with Gasteiger partial charge in [0.15, 0.2) is 0 Å². The SMILES string of the molecule is Cc1ccc(C(=O)Nc2ccc(N3CCNCC3)cc2)cc1Nc1nccc(-c2cccnc2)n1. The zero-order valence-electron chi connectivity index (χ0n) is 19.5. The number of aromatic nitrogens is 3. The van der Waals surface area contributed by atoms with Gasteiger partial charge < -0.3 is 20.9 Å². The van der Waals surface area contributed by atoms with Crippen molar-refractivity contribution in [3.63, 3.8) is 0 Å². The first-order valence-corrected chi connectivity index (χ1v) is 11.6. The summed E-state index contributed by atoms with van der Waals surface area (Å²) in [6, 6.07) is 19.2. The number of pyridine rings is 1. The van der Waals surface area contributed by atoms with Crippen LogP contribution in [-0.4, -0.2) is 47.0 Å². The number of amides is 1. The molecule has 4 aromatic rings. The maximum atomic E-state index is 13.0. The molecule has 176 valence electrons. The maximum Gasteiger partial charge on any atom is 0.255 e. The fourth-order valence-corrected chi connectivity index (χ4v) is 3.99. The van der Waals surface area contributed by atoms with Crippen molar-refractivity contribution < 1.29 is 4.79 Å². The predicted octanol–water partition coefficient (Wildman–Crippen LogP) is 4.25. The van der Waals surface area contributed by atoms with Gasteiger partial charge in [0.2, 0.25) is 5.95 Å². The molecule has 8 heteroatoms. The Hall–Kier alpha value is -4.30. The summed E-state index contributed by atoms with van der Waals surface area (Å²) in [5.74, 6) is 0.281. The third-order valence-corrected chi connectivity index (χ3v) is 5.97. The fourth-order valence-electron chi connectivity index (χ4n) is 3.99. The van der Waals surface area contributed by atoms with Crippen molar-refractivity contribution in [3.8, 4) is 11.3 Å². The van der Waals surface area contributed by atoms with Crippen molar-refractivity contribution in [2.24, 2.45) is 0 Å². The number of carbonyl (C=O) groups excluding carboxylic acids is 1. The Balaban J connectivity index is 1.29. The number of aryl methyl sites for hydroxylation is 1. The van der Waals surface area contributed by atoms with E-state index >= 15 is 0 Å². The standard InChI is InChI=1S/C27H27N7O/c1-19-4-5-20(26(35)31-22-6-8-23(9-7-22)34-15-13-28-14-16-34)17-25(19)33-27-30-12-10-24(32-27)21-3-2-11-29-18-21/h2-12,17-18,28H,13-16H2,1H3,(H,31,35)(H,30,32,33). The van der Waals surface area contributed by atoms with Crippen molar-refractivity contribution in [2.75, 3.05) is 41.7 Å². The Bertz CT molecular complexity index is 1300. The summed E-state index contributed by atoms with van der Waals surface area (Å²) in [6.45, 7) is 5.92. The van der Waals surface area contributed by atoms with Gasteiger partial charge in [-0.2, -0.15) is 0 Å². The molecule has 1 aliphatic heterocycles. The van der Waals surface area contributed by atoms with Gasteiger partial charge in [-0.1, -0.05) is 6.07 Å². The van der Waals surface area contributed by atoms with Gasteiger partial charge in [0.05, 0.1) is 5.69 Å². The van der Waals surface area contributed by atoms with E-state index in [9.17, 15) is 4.79 Å². The van der Waals surface area contributed by atoms with Crippen molar-refractivity contribution in [3.05, 3.63) is 90.4 Å².